The Labute approximate surface area is 59.5 Å². The standard InChI is InChI=1S/C6H12N2O2/c1-4(7)2-3-5(8)6(9)10/h5H,1-3,7-8H2,(H,9,10)/t5-/m0/s1. The Kier molecular flexibility index (Phi) is 3.49. The summed E-state index contributed by atoms with van der Waals surface area (Å²) in [4.78, 5) is 10.1. The Hall–Kier alpha value is -1.03. The van der Waals surface area contributed by atoms with Crippen molar-refractivity contribution in [2.45, 2.75) is 18.9 Å². The van der Waals surface area contributed by atoms with Crippen molar-refractivity contribution in [3.8, 4) is 0 Å². The molecule has 58 valence electrons. The molecule has 0 radical (unpaired) electrons. The van der Waals surface area contributed by atoms with E-state index >= 15 is 0 Å². The maximum absolute atomic E-state index is 10.1. The third-order valence-corrected chi connectivity index (χ3v) is 1.09. The minimum absolute atomic E-state index is 0.352. The van der Waals surface area contributed by atoms with Crippen molar-refractivity contribution in [3.63, 3.8) is 0 Å². The van der Waals surface area contributed by atoms with Gasteiger partial charge in [-0.2, -0.15) is 0 Å². The molecule has 0 aliphatic rings. The molecule has 0 aromatic heterocycles. The number of rotatable bonds is 4. The molecule has 0 spiro atoms. The van der Waals surface area contributed by atoms with Crippen molar-refractivity contribution in [2.75, 3.05) is 0 Å². The van der Waals surface area contributed by atoms with Gasteiger partial charge in [-0.15, -0.1) is 0 Å². The van der Waals surface area contributed by atoms with E-state index in [4.69, 9.17) is 16.6 Å². The van der Waals surface area contributed by atoms with E-state index < -0.39 is 12.0 Å². The lowest BCUT2D eigenvalue weighted by Crippen LogP contribution is -2.30. The minimum Gasteiger partial charge on any atom is -0.480 e. The summed E-state index contributed by atoms with van der Waals surface area (Å²) in [6.07, 6.45) is 0.818. The molecule has 0 aliphatic carbocycles. The van der Waals surface area contributed by atoms with Gasteiger partial charge in [0.25, 0.3) is 0 Å². The Morgan fingerprint density at radius 3 is 2.50 bits per heavy atom. The van der Waals surface area contributed by atoms with Crippen LogP contribution in [0.25, 0.3) is 0 Å². The van der Waals surface area contributed by atoms with Gasteiger partial charge in [0.05, 0.1) is 0 Å². The average molecular weight is 144 g/mol. The number of nitrogens with two attached hydrogens (primary N) is 2. The van der Waals surface area contributed by atoms with Gasteiger partial charge in [0.15, 0.2) is 0 Å². The summed E-state index contributed by atoms with van der Waals surface area (Å²) in [5, 5.41) is 8.30. The molecule has 0 amide bonds. The lowest BCUT2D eigenvalue weighted by atomic mass is 10.1. The molecule has 10 heavy (non-hydrogen) atoms. The zero-order valence-electron chi connectivity index (χ0n) is 5.71. The third-order valence-electron chi connectivity index (χ3n) is 1.09. The molecule has 1 atom stereocenters. The van der Waals surface area contributed by atoms with Crippen LogP contribution in [-0.4, -0.2) is 17.1 Å². The summed E-state index contributed by atoms with van der Waals surface area (Å²) >= 11 is 0. The highest BCUT2D eigenvalue weighted by atomic mass is 16.4. The van der Waals surface area contributed by atoms with E-state index in [-0.39, 0.29) is 0 Å². The van der Waals surface area contributed by atoms with E-state index in [9.17, 15) is 4.79 Å². The second-order valence-corrected chi connectivity index (χ2v) is 2.14. The molecule has 0 saturated heterocycles. The molecule has 4 heteroatoms. The monoisotopic (exact) mass is 144 g/mol. The highest BCUT2D eigenvalue weighted by molar-refractivity contribution is 5.72. The quantitative estimate of drug-likeness (QED) is 0.503. The zero-order chi connectivity index (χ0) is 8.15. The lowest BCUT2D eigenvalue weighted by Gasteiger charge is -2.04. The van der Waals surface area contributed by atoms with Crippen LogP contribution in [-0.2, 0) is 4.79 Å². The Bertz CT molecular complexity index is 145. The molecular formula is C6H12N2O2. The average Bonchev–Trinajstić information content (AvgIpc) is 1.82. The van der Waals surface area contributed by atoms with Gasteiger partial charge >= 0.3 is 5.97 Å². The maximum atomic E-state index is 10.1. The minimum atomic E-state index is -0.999. The van der Waals surface area contributed by atoms with Crippen LogP contribution in [0.5, 0.6) is 0 Å². The summed E-state index contributed by atoms with van der Waals surface area (Å²) in [5.41, 5.74) is 10.8. The van der Waals surface area contributed by atoms with Crippen LogP contribution in [0.15, 0.2) is 12.3 Å². The van der Waals surface area contributed by atoms with E-state index in [0.29, 0.717) is 18.5 Å². The maximum Gasteiger partial charge on any atom is 0.320 e. The molecule has 4 nitrogen and oxygen atoms in total. The highest BCUT2D eigenvalue weighted by Crippen LogP contribution is 1.98. The van der Waals surface area contributed by atoms with E-state index in [1.807, 2.05) is 0 Å². The van der Waals surface area contributed by atoms with Gasteiger partial charge < -0.3 is 16.6 Å². The number of hydrogen-bond acceptors (Lipinski definition) is 3. The van der Waals surface area contributed by atoms with Gasteiger partial charge in [-0.25, -0.2) is 0 Å². The Balaban J connectivity index is 3.49. The zero-order valence-corrected chi connectivity index (χ0v) is 5.71. The predicted octanol–water partition coefficient (Wildman–Crippen LogP) is -0.349. The molecule has 0 aromatic carbocycles. The number of hydrogen-bond donors (Lipinski definition) is 3. The van der Waals surface area contributed by atoms with Gasteiger partial charge in [0, 0.05) is 5.70 Å². The largest absolute Gasteiger partial charge is 0.480 e. The normalized spacial score (nSPS) is 12.5. The number of carbonyl (C=O) groups is 1. The van der Waals surface area contributed by atoms with Crippen LogP contribution in [0.4, 0.5) is 0 Å². The van der Waals surface area contributed by atoms with Gasteiger partial charge in [0.1, 0.15) is 6.04 Å². The molecule has 5 N–H and O–H groups in total. The molecular weight excluding hydrogens is 132 g/mol. The van der Waals surface area contributed by atoms with Crippen LogP contribution < -0.4 is 11.5 Å². The van der Waals surface area contributed by atoms with Crippen molar-refractivity contribution in [1.82, 2.24) is 0 Å². The fourth-order valence-electron chi connectivity index (χ4n) is 0.464. The number of carboxylic acid groups (broad SMARTS) is 1. The molecule has 0 heterocycles. The number of aliphatic carboxylic acids is 1. The van der Waals surface area contributed by atoms with E-state index in [0.717, 1.165) is 0 Å². The van der Waals surface area contributed by atoms with Crippen molar-refractivity contribution in [3.05, 3.63) is 12.3 Å². The third kappa shape index (κ3) is 3.91. The van der Waals surface area contributed by atoms with Crippen LogP contribution >= 0.6 is 0 Å². The fourth-order valence-corrected chi connectivity index (χ4v) is 0.464. The van der Waals surface area contributed by atoms with Crippen molar-refractivity contribution in [2.24, 2.45) is 11.5 Å². The van der Waals surface area contributed by atoms with Gasteiger partial charge in [-0.3, -0.25) is 4.79 Å². The molecule has 0 bridgehead atoms. The van der Waals surface area contributed by atoms with Crippen molar-refractivity contribution >= 4 is 5.97 Å². The summed E-state index contributed by atoms with van der Waals surface area (Å²) in [7, 11) is 0. The lowest BCUT2D eigenvalue weighted by molar-refractivity contribution is -0.138. The Morgan fingerprint density at radius 1 is 1.70 bits per heavy atom. The smallest absolute Gasteiger partial charge is 0.320 e. The van der Waals surface area contributed by atoms with E-state index in [1.165, 1.54) is 0 Å². The van der Waals surface area contributed by atoms with Gasteiger partial charge in [-0.1, -0.05) is 6.58 Å². The highest BCUT2D eigenvalue weighted by Gasteiger charge is 2.09. The molecule has 0 aliphatic heterocycles. The molecule has 0 unspecified atom stereocenters. The summed E-state index contributed by atoms with van der Waals surface area (Å²) in [6, 6.07) is -0.819. The molecule has 0 saturated carbocycles. The van der Waals surface area contributed by atoms with Crippen LogP contribution in [0, 0.1) is 0 Å². The second-order valence-electron chi connectivity index (χ2n) is 2.14. The van der Waals surface area contributed by atoms with Crippen LogP contribution in [0.2, 0.25) is 0 Å². The van der Waals surface area contributed by atoms with Crippen molar-refractivity contribution < 1.29 is 9.90 Å². The van der Waals surface area contributed by atoms with Crippen molar-refractivity contribution in [1.29, 1.82) is 0 Å². The topological polar surface area (TPSA) is 89.3 Å². The Morgan fingerprint density at radius 2 is 2.20 bits per heavy atom. The first-order valence-corrected chi connectivity index (χ1v) is 2.95. The van der Waals surface area contributed by atoms with E-state index in [2.05, 4.69) is 6.58 Å². The van der Waals surface area contributed by atoms with Gasteiger partial charge in [-0.05, 0) is 12.8 Å². The first-order valence-electron chi connectivity index (χ1n) is 2.95. The van der Waals surface area contributed by atoms with E-state index in [1.54, 1.807) is 0 Å². The summed E-state index contributed by atoms with van der Waals surface area (Å²) in [5.74, 6) is -0.999. The molecule has 0 fully saturated rings. The summed E-state index contributed by atoms with van der Waals surface area (Å²) < 4.78 is 0. The van der Waals surface area contributed by atoms with Crippen LogP contribution in [0.1, 0.15) is 12.8 Å². The SMILES string of the molecule is C=C(N)CC[C@H](N)C(=O)O. The predicted molar refractivity (Wildman–Crippen MR) is 38.2 cm³/mol. The number of carboxylic acids is 1. The molecule has 0 aromatic rings. The second kappa shape index (κ2) is 3.90. The fraction of sp³-hybridized carbons (Fsp3) is 0.500. The molecule has 0 rings (SSSR count). The first-order chi connectivity index (χ1) is 4.54. The summed E-state index contributed by atoms with van der Waals surface area (Å²) in [6.45, 7) is 3.42. The number of allylic oxidation sites excluding steroid dienone is 1. The van der Waals surface area contributed by atoms with Crippen LogP contribution in [0.3, 0.4) is 0 Å². The first kappa shape index (κ1) is 8.97. The van der Waals surface area contributed by atoms with Gasteiger partial charge in [0.2, 0.25) is 0 Å².